The fourth-order valence-corrected chi connectivity index (χ4v) is 1.59. The molecule has 2 N–H and O–H groups in total. The largest absolute Gasteiger partial charge is 0.488 e. The number of aliphatic hydroxyl groups excluding tert-OH is 1. The Labute approximate surface area is 115 Å². The van der Waals surface area contributed by atoms with Crippen molar-refractivity contribution < 1.29 is 14.2 Å². The molecule has 1 unspecified atom stereocenters. The average molecular weight is 320 g/mol. The van der Waals surface area contributed by atoms with Crippen LogP contribution in [0.25, 0.3) is 0 Å². The molecule has 0 saturated heterocycles. The topological polar surface area (TPSA) is 41.5 Å². The van der Waals surface area contributed by atoms with Crippen molar-refractivity contribution in [3.8, 4) is 5.75 Å². The van der Waals surface area contributed by atoms with Crippen LogP contribution in [0.15, 0.2) is 22.7 Å². The molecule has 1 rings (SSSR count). The van der Waals surface area contributed by atoms with E-state index in [1.54, 1.807) is 6.07 Å². The normalized spacial score (nSPS) is 13.4. The van der Waals surface area contributed by atoms with Gasteiger partial charge >= 0.3 is 0 Å². The van der Waals surface area contributed by atoms with E-state index in [9.17, 15) is 9.50 Å². The van der Waals surface area contributed by atoms with Crippen LogP contribution in [0.4, 0.5) is 4.39 Å². The van der Waals surface area contributed by atoms with Gasteiger partial charge < -0.3 is 15.2 Å². The second-order valence-electron chi connectivity index (χ2n) is 5.17. The molecule has 1 atom stereocenters. The molecule has 0 aliphatic rings. The van der Waals surface area contributed by atoms with Gasteiger partial charge in [-0.05, 0) is 39.0 Å². The Morgan fingerprint density at radius 3 is 2.67 bits per heavy atom. The van der Waals surface area contributed by atoms with E-state index in [0.717, 1.165) is 0 Å². The van der Waals surface area contributed by atoms with E-state index in [1.807, 2.05) is 20.8 Å². The minimum atomic E-state index is -0.674. The smallest absolute Gasteiger partial charge is 0.166 e. The Balaban J connectivity index is 2.40. The van der Waals surface area contributed by atoms with Crippen LogP contribution in [0.2, 0.25) is 0 Å². The molecule has 5 heteroatoms. The lowest BCUT2D eigenvalue weighted by Gasteiger charge is -2.23. The molecule has 0 fully saturated rings. The van der Waals surface area contributed by atoms with Crippen LogP contribution in [0.1, 0.15) is 20.8 Å². The minimum absolute atomic E-state index is 0.0572. The number of rotatable bonds is 5. The molecule has 0 aromatic heterocycles. The highest BCUT2D eigenvalue weighted by atomic mass is 79.9. The van der Waals surface area contributed by atoms with E-state index in [4.69, 9.17) is 4.74 Å². The second kappa shape index (κ2) is 6.50. The lowest BCUT2D eigenvalue weighted by atomic mass is 10.1. The molecule has 0 bridgehead atoms. The van der Waals surface area contributed by atoms with Crippen molar-refractivity contribution in [2.75, 3.05) is 13.2 Å². The molecule has 18 heavy (non-hydrogen) atoms. The quantitative estimate of drug-likeness (QED) is 0.876. The number of β-amino-alcohol motifs (C(OH)–C–C–N with tert-alkyl or cyclic N) is 1. The maximum Gasteiger partial charge on any atom is 0.166 e. The van der Waals surface area contributed by atoms with Gasteiger partial charge in [-0.3, -0.25) is 0 Å². The first-order valence-electron chi connectivity index (χ1n) is 5.79. The Kier molecular flexibility index (Phi) is 5.56. The van der Waals surface area contributed by atoms with Crippen LogP contribution in [0.5, 0.6) is 5.75 Å². The maximum absolute atomic E-state index is 13.4. The monoisotopic (exact) mass is 319 g/mol. The van der Waals surface area contributed by atoms with Gasteiger partial charge in [0.25, 0.3) is 0 Å². The van der Waals surface area contributed by atoms with E-state index in [1.165, 1.54) is 12.1 Å². The van der Waals surface area contributed by atoms with E-state index in [0.29, 0.717) is 11.0 Å². The molecule has 0 spiro atoms. The summed E-state index contributed by atoms with van der Waals surface area (Å²) >= 11 is 3.17. The molecule has 3 nitrogen and oxygen atoms in total. The molecule has 102 valence electrons. The Morgan fingerprint density at radius 1 is 1.44 bits per heavy atom. The highest BCUT2D eigenvalue weighted by molar-refractivity contribution is 9.10. The van der Waals surface area contributed by atoms with E-state index >= 15 is 0 Å². The zero-order valence-electron chi connectivity index (χ0n) is 10.8. The van der Waals surface area contributed by atoms with Gasteiger partial charge in [0.05, 0.1) is 0 Å². The zero-order valence-corrected chi connectivity index (χ0v) is 12.4. The summed E-state index contributed by atoms with van der Waals surface area (Å²) in [6.45, 7) is 6.49. The van der Waals surface area contributed by atoms with Crippen LogP contribution in [0.3, 0.4) is 0 Å². The van der Waals surface area contributed by atoms with Gasteiger partial charge in [-0.2, -0.15) is 0 Å². The summed E-state index contributed by atoms with van der Waals surface area (Å²) in [5.41, 5.74) is -0.0656. The minimum Gasteiger partial charge on any atom is -0.488 e. The van der Waals surface area contributed by atoms with Crippen LogP contribution in [-0.2, 0) is 0 Å². The summed E-state index contributed by atoms with van der Waals surface area (Å²) < 4.78 is 19.3. The van der Waals surface area contributed by atoms with Gasteiger partial charge in [0.15, 0.2) is 11.6 Å². The molecule has 1 aromatic carbocycles. The molecule has 0 aliphatic carbocycles. The summed E-state index contributed by atoms with van der Waals surface area (Å²) in [6, 6.07) is 4.55. The number of hydrogen-bond acceptors (Lipinski definition) is 3. The van der Waals surface area contributed by atoms with Crippen molar-refractivity contribution in [3.05, 3.63) is 28.5 Å². The highest BCUT2D eigenvalue weighted by Crippen LogP contribution is 2.21. The Hall–Kier alpha value is -0.650. The van der Waals surface area contributed by atoms with Crippen molar-refractivity contribution in [1.82, 2.24) is 5.32 Å². The third-order valence-corrected chi connectivity index (χ3v) is 2.69. The van der Waals surface area contributed by atoms with Crippen molar-refractivity contribution in [3.63, 3.8) is 0 Å². The zero-order chi connectivity index (χ0) is 13.8. The van der Waals surface area contributed by atoms with Crippen molar-refractivity contribution in [2.45, 2.75) is 32.4 Å². The standard InChI is InChI=1S/C13H19BrFNO2/c1-13(2,3)16-7-10(17)8-18-12-5-4-9(14)6-11(12)15/h4-6,10,16-17H,7-8H2,1-3H3. The summed E-state index contributed by atoms with van der Waals surface area (Å²) in [5.74, 6) is -0.298. The molecular weight excluding hydrogens is 301 g/mol. The average Bonchev–Trinajstić information content (AvgIpc) is 2.24. The summed E-state index contributed by atoms with van der Waals surface area (Å²) in [4.78, 5) is 0. The summed E-state index contributed by atoms with van der Waals surface area (Å²) in [6.07, 6.45) is -0.674. The number of aliphatic hydroxyl groups is 1. The number of halogens is 2. The second-order valence-corrected chi connectivity index (χ2v) is 6.09. The van der Waals surface area contributed by atoms with Crippen molar-refractivity contribution in [1.29, 1.82) is 0 Å². The predicted octanol–water partition coefficient (Wildman–Crippen LogP) is 2.72. The highest BCUT2D eigenvalue weighted by Gasteiger charge is 2.13. The molecule has 0 amide bonds. The van der Waals surface area contributed by atoms with E-state index in [2.05, 4.69) is 21.2 Å². The summed E-state index contributed by atoms with van der Waals surface area (Å²) in [5, 5.41) is 12.9. The lowest BCUT2D eigenvalue weighted by molar-refractivity contribution is 0.0980. The van der Waals surface area contributed by atoms with Crippen LogP contribution < -0.4 is 10.1 Å². The number of hydrogen-bond donors (Lipinski definition) is 2. The molecule has 0 radical (unpaired) electrons. The Bertz CT molecular complexity index is 393. The first-order valence-corrected chi connectivity index (χ1v) is 6.58. The fraction of sp³-hybridized carbons (Fsp3) is 0.538. The van der Waals surface area contributed by atoms with Crippen LogP contribution in [0, 0.1) is 5.82 Å². The van der Waals surface area contributed by atoms with E-state index < -0.39 is 11.9 Å². The number of nitrogens with one attached hydrogen (secondary N) is 1. The molecule has 0 saturated carbocycles. The maximum atomic E-state index is 13.4. The van der Waals surface area contributed by atoms with Gasteiger partial charge in [-0.1, -0.05) is 15.9 Å². The SMILES string of the molecule is CC(C)(C)NCC(O)COc1ccc(Br)cc1F. The van der Waals surface area contributed by atoms with Gasteiger partial charge in [0.1, 0.15) is 12.7 Å². The summed E-state index contributed by atoms with van der Waals surface area (Å²) in [7, 11) is 0. The lowest BCUT2D eigenvalue weighted by Crippen LogP contribution is -2.42. The molecule has 0 heterocycles. The van der Waals surface area contributed by atoms with Gasteiger partial charge in [0, 0.05) is 16.6 Å². The third kappa shape index (κ3) is 5.80. The van der Waals surface area contributed by atoms with Crippen molar-refractivity contribution in [2.24, 2.45) is 0 Å². The molecule has 0 aliphatic heterocycles. The Morgan fingerprint density at radius 2 is 2.11 bits per heavy atom. The fourth-order valence-electron chi connectivity index (χ4n) is 1.26. The predicted molar refractivity (Wildman–Crippen MR) is 73.4 cm³/mol. The van der Waals surface area contributed by atoms with Gasteiger partial charge in [0.2, 0.25) is 0 Å². The van der Waals surface area contributed by atoms with E-state index in [-0.39, 0.29) is 17.9 Å². The van der Waals surface area contributed by atoms with Crippen molar-refractivity contribution >= 4 is 15.9 Å². The number of ether oxygens (including phenoxy) is 1. The van der Waals surface area contributed by atoms with Gasteiger partial charge in [-0.25, -0.2) is 4.39 Å². The van der Waals surface area contributed by atoms with Crippen LogP contribution in [-0.4, -0.2) is 29.9 Å². The molecular formula is C13H19BrFNO2. The first kappa shape index (κ1) is 15.4. The number of benzene rings is 1. The first-order chi connectivity index (χ1) is 8.28. The third-order valence-electron chi connectivity index (χ3n) is 2.19. The molecule has 1 aromatic rings. The van der Waals surface area contributed by atoms with Gasteiger partial charge in [-0.15, -0.1) is 0 Å². The van der Waals surface area contributed by atoms with Crippen LogP contribution >= 0.6 is 15.9 Å².